The molecule has 2 N–H and O–H groups in total. The van der Waals surface area contributed by atoms with Gasteiger partial charge in [-0.15, -0.1) is 0 Å². The van der Waals surface area contributed by atoms with Crippen molar-refractivity contribution in [1.29, 1.82) is 0 Å². The lowest BCUT2D eigenvalue weighted by molar-refractivity contribution is -0.148. The first-order valence-electron chi connectivity index (χ1n) is 17.5. The van der Waals surface area contributed by atoms with E-state index in [4.69, 9.17) is 24.5 Å². The van der Waals surface area contributed by atoms with Gasteiger partial charge in [0, 0.05) is 47.0 Å². The van der Waals surface area contributed by atoms with Gasteiger partial charge in [-0.05, 0) is 99.1 Å². The fraction of sp³-hybridized carbons (Fsp3) is 0.333. The average Bonchev–Trinajstić information content (AvgIpc) is 3.86. The van der Waals surface area contributed by atoms with Gasteiger partial charge in [-0.25, -0.2) is 20.0 Å². The van der Waals surface area contributed by atoms with Crippen molar-refractivity contribution in [2.45, 2.75) is 60.8 Å². The maximum atomic E-state index is 13.8. The maximum Gasteiger partial charge on any atom is 0.323 e. The number of aromatic nitrogens is 1. The van der Waals surface area contributed by atoms with Gasteiger partial charge >= 0.3 is 11.9 Å². The van der Waals surface area contributed by atoms with E-state index in [1.807, 2.05) is 50.3 Å². The summed E-state index contributed by atoms with van der Waals surface area (Å²) in [6.45, 7) is 11.8. The van der Waals surface area contributed by atoms with Crippen LogP contribution in [0, 0.1) is 29.1 Å². The number of aliphatic hydroxyl groups is 1. The van der Waals surface area contributed by atoms with Gasteiger partial charge in [0.15, 0.2) is 5.41 Å². The predicted octanol–water partition coefficient (Wildman–Crippen LogP) is 6.85. The van der Waals surface area contributed by atoms with E-state index < -0.39 is 11.4 Å². The molecule has 6 heterocycles. The molecule has 264 valence electrons. The van der Waals surface area contributed by atoms with E-state index in [-0.39, 0.29) is 30.0 Å². The summed E-state index contributed by atoms with van der Waals surface area (Å²) in [5.74, 6) is 5.10. The zero-order valence-electron chi connectivity index (χ0n) is 30.7. The summed E-state index contributed by atoms with van der Waals surface area (Å²) in [6.07, 6.45) is 9.01. The Balaban J connectivity index is 1.52. The molecule has 5 aliphatic heterocycles. The van der Waals surface area contributed by atoms with Crippen LogP contribution in [0.15, 0.2) is 131 Å². The molecule has 0 spiro atoms. The summed E-state index contributed by atoms with van der Waals surface area (Å²) in [7, 11) is 2.69. The van der Waals surface area contributed by atoms with Gasteiger partial charge in [0.2, 0.25) is 0 Å². The van der Waals surface area contributed by atoms with E-state index in [9.17, 15) is 14.7 Å². The molecule has 0 radical (unpaired) electrons. The minimum absolute atomic E-state index is 0.119. The molecule has 3 atom stereocenters. The molecular formula is C42H41N5O5. The number of aliphatic imine (C=N–C) groups is 3. The van der Waals surface area contributed by atoms with E-state index in [0.29, 0.717) is 46.1 Å². The highest BCUT2D eigenvalue weighted by atomic mass is 16.5. The highest BCUT2D eigenvalue weighted by molar-refractivity contribution is 6.25. The van der Waals surface area contributed by atoms with E-state index >= 15 is 0 Å². The Morgan fingerprint density at radius 3 is 2.40 bits per heavy atom. The molecule has 52 heavy (non-hydrogen) atoms. The van der Waals surface area contributed by atoms with Gasteiger partial charge in [-0.1, -0.05) is 25.8 Å². The number of rotatable bonds is 5. The molecule has 10 heteroatoms. The second-order valence-corrected chi connectivity index (χ2v) is 13.8. The molecule has 0 aromatic carbocycles. The van der Waals surface area contributed by atoms with Crippen molar-refractivity contribution in [2.75, 3.05) is 14.2 Å². The summed E-state index contributed by atoms with van der Waals surface area (Å²) in [6, 6.07) is 5.63. The van der Waals surface area contributed by atoms with Gasteiger partial charge < -0.3 is 19.9 Å². The highest BCUT2D eigenvalue weighted by Gasteiger charge is 2.57. The molecule has 1 fully saturated rings. The number of nitrogens with one attached hydrogen (secondary N) is 1. The van der Waals surface area contributed by atoms with E-state index in [0.717, 1.165) is 57.1 Å². The standard InChI is InChI=1S/C42H41N5O5/c1-9-26-21(2)30-19-34-27(14-13-25-12-10-11-17-43-25)22(3)29(45-34)18-31-23(4)28(15-16-35(48)51-7)38(46-31)37-39-36(40(49)42(37,6)41(50)52-8)24(5)32(47-39)20-33(26)44-30/h10-12,17-20,23,28,46,49H,9,15-16H2,1-8H3/t23-,28-,42-/m0/s1. The molecule has 1 saturated heterocycles. The first-order valence-corrected chi connectivity index (χ1v) is 17.5. The van der Waals surface area contributed by atoms with Gasteiger partial charge in [0.25, 0.3) is 0 Å². The molecule has 1 aromatic heterocycles. The quantitative estimate of drug-likeness (QED) is 0.254. The van der Waals surface area contributed by atoms with Crippen molar-refractivity contribution in [3.8, 4) is 11.8 Å². The molecule has 10 nitrogen and oxygen atoms in total. The SMILES string of the molecule is CCC1=C(C)C2=NC1=CC1=C(C)C3=C(O)[C@@](C)(C(=O)OC)C(=C4NC(=CC5=NC(=C2)C(C#Cc2ccccn2)=C5C)[C@@H](C)[C@@H]4CCC(=O)OC)C3=N1. The Bertz CT molecular complexity index is 2280. The lowest BCUT2D eigenvalue weighted by atomic mass is 9.78. The lowest BCUT2D eigenvalue weighted by Gasteiger charge is -2.27. The van der Waals surface area contributed by atoms with Crippen LogP contribution in [-0.2, 0) is 19.1 Å². The van der Waals surface area contributed by atoms with Crippen LogP contribution in [0.3, 0.4) is 0 Å². The third-order valence-corrected chi connectivity index (χ3v) is 11.0. The number of hydrogen-bond acceptors (Lipinski definition) is 10. The van der Waals surface area contributed by atoms with Crippen molar-refractivity contribution in [1.82, 2.24) is 10.3 Å². The summed E-state index contributed by atoms with van der Waals surface area (Å²) in [5.41, 5.74) is 10.3. The van der Waals surface area contributed by atoms with E-state index in [1.54, 1.807) is 13.1 Å². The van der Waals surface area contributed by atoms with Crippen LogP contribution < -0.4 is 5.32 Å². The maximum absolute atomic E-state index is 13.8. The number of carbonyl (C=O) groups is 2. The Labute approximate surface area is 303 Å². The van der Waals surface area contributed by atoms with E-state index in [1.165, 1.54) is 14.2 Å². The molecule has 7 rings (SSSR count). The Kier molecular flexibility index (Phi) is 8.69. The highest BCUT2D eigenvalue weighted by Crippen LogP contribution is 2.54. The third kappa shape index (κ3) is 5.34. The number of pyridine rings is 1. The first-order chi connectivity index (χ1) is 24.9. The number of carbonyl (C=O) groups excluding carboxylic acids is 2. The third-order valence-electron chi connectivity index (χ3n) is 11.0. The molecule has 0 saturated carbocycles. The van der Waals surface area contributed by atoms with Gasteiger partial charge in [-0.3, -0.25) is 9.59 Å². The van der Waals surface area contributed by atoms with Crippen molar-refractivity contribution in [2.24, 2.45) is 32.2 Å². The number of aliphatic hydroxyl groups excluding tert-OH is 1. The molecule has 1 aromatic rings. The van der Waals surface area contributed by atoms with Crippen LogP contribution >= 0.6 is 0 Å². The van der Waals surface area contributed by atoms with Crippen molar-refractivity contribution < 1.29 is 24.2 Å². The van der Waals surface area contributed by atoms with E-state index in [2.05, 4.69) is 42.9 Å². The Morgan fingerprint density at radius 1 is 0.962 bits per heavy atom. The number of nitrogens with zero attached hydrogens (tertiary/aromatic N) is 4. The summed E-state index contributed by atoms with van der Waals surface area (Å²) in [4.78, 5) is 46.0. The van der Waals surface area contributed by atoms with Crippen LogP contribution in [0.1, 0.15) is 66.5 Å². The Morgan fingerprint density at radius 2 is 1.71 bits per heavy atom. The molecule has 0 amide bonds. The van der Waals surface area contributed by atoms with Crippen LogP contribution in [0.25, 0.3) is 0 Å². The monoisotopic (exact) mass is 695 g/mol. The number of fused-ring (bicyclic) bond motifs is 5. The van der Waals surface area contributed by atoms with Gasteiger partial charge in [-0.2, -0.15) is 0 Å². The molecule has 6 aliphatic rings. The van der Waals surface area contributed by atoms with Gasteiger partial charge in [0.05, 0.1) is 54.0 Å². The largest absolute Gasteiger partial charge is 0.510 e. The zero-order valence-corrected chi connectivity index (χ0v) is 30.7. The fourth-order valence-electron chi connectivity index (χ4n) is 7.89. The number of esters is 2. The van der Waals surface area contributed by atoms with Crippen molar-refractivity contribution in [3.05, 3.63) is 122 Å². The summed E-state index contributed by atoms with van der Waals surface area (Å²) >= 11 is 0. The average molecular weight is 696 g/mol. The minimum atomic E-state index is -1.55. The summed E-state index contributed by atoms with van der Waals surface area (Å²) < 4.78 is 10.4. The molecule has 8 bridgehead atoms. The predicted molar refractivity (Wildman–Crippen MR) is 200 cm³/mol. The topological polar surface area (TPSA) is 135 Å². The first kappa shape index (κ1) is 34.6. The molecule has 1 aliphatic carbocycles. The summed E-state index contributed by atoms with van der Waals surface area (Å²) in [5, 5.41) is 15.6. The van der Waals surface area contributed by atoms with Crippen LogP contribution in [0.4, 0.5) is 0 Å². The smallest absolute Gasteiger partial charge is 0.323 e. The molecular weight excluding hydrogens is 654 g/mol. The number of methoxy groups -OCH3 is 2. The normalized spacial score (nSPS) is 24.6. The minimum Gasteiger partial charge on any atom is -0.510 e. The zero-order chi connectivity index (χ0) is 37.1. The number of hydrogen-bond donors (Lipinski definition) is 2. The molecule has 0 unspecified atom stereocenters. The fourth-order valence-corrected chi connectivity index (χ4v) is 7.89. The van der Waals surface area contributed by atoms with Crippen molar-refractivity contribution >= 4 is 29.1 Å². The van der Waals surface area contributed by atoms with Crippen molar-refractivity contribution in [3.63, 3.8) is 0 Å². The second kappa shape index (κ2) is 13.1. The van der Waals surface area contributed by atoms with Crippen LogP contribution in [0.2, 0.25) is 0 Å². The van der Waals surface area contributed by atoms with Gasteiger partial charge in [0.1, 0.15) is 11.5 Å². The number of allylic oxidation sites excluding steroid dienone is 11. The number of ether oxygens (including phenoxy) is 2. The van der Waals surface area contributed by atoms with Crippen LogP contribution in [-0.4, -0.2) is 53.4 Å². The Hall–Kier alpha value is -5.82. The van der Waals surface area contributed by atoms with Crippen LogP contribution in [0.5, 0.6) is 0 Å². The second-order valence-electron chi connectivity index (χ2n) is 13.8. The lowest BCUT2D eigenvalue weighted by Crippen LogP contribution is -2.35.